The summed E-state index contributed by atoms with van der Waals surface area (Å²) in [5, 5.41) is 17.7. The molecule has 0 saturated carbocycles. The van der Waals surface area contributed by atoms with Crippen LogP contribution in [0.3, 0.4) is 0 Å². The van der Waals surface area contributed by atoms with Crippen molar-refractivity contribution in [2.75, 3.05) is 13.2 Å². The van der Waals surface area contributed by atoms with Gasteiger partial charge in [0.25, 0.3) is 0 Å². The molecular weight excluding hydrogens is 206 g/mol. The van der Waals surface area contributed by atoms with E-state index >= 15 is 0 Å². The smallest absolute Gasteiger partial charge is 0.407 e. The number of carboxylic acid groups (broad SMARTS) is 1. The van der Waals surface area contributed by atoms with E-state index < -0.39 is 6.09 Å². The average molecular weight is 229 g/mol. The minimum absolute atomic E-state index is 0.215. The summed E-state index contributed by atoms with van der Waals surface area (Å²) in [5.74, 6) is 0.491. The third-order valence-corrected chi connectivity index (χ3v) is 3.46. The van der Waals surface area contributed by atoms with Crippen molar-refractivity contribution in [1.29, 1.82) is 0 Å². The van der Waals surface area contributed by atoms with Gasteiger partial charge in [0.1, 0.15) is 0 Å². The van der Waals surface area contributed by atoms with Crippen LogP contribution < -0.4 is 0 Å². The van der Waals surface area contributed by atoms with E-state index in [9.17, 15) is 4.79 Å². The van der Waals surface area contributed by atoms with Gasteiger partial charge in [0.2, 0.25) is 0 Å². The number of hydrogen-bond acceptors (Lipinski definition) is 2. The SMILES string of the molecule is CC1(C)CC(CCCCCO)CN1C(=O)O. The van der Waals surface area contributed by atoms with Crippen LogP contribution in [0.4, 0.5) is 4.79 Å². The van der Waals surface area contributed by atoms with Crippen LogP contribution in [0.25, 0.3) is 0 Å². The topological polar surface area (TPSA) is 60.8 Å². The number of unbranched alkanes of at least 4 members (excludes halogenated alkanes) is 2. The number of hydrogen-bond donors (Lipinski definition) is 2. The van der Waals surface area contributed by atoms with Gasteiger partial charge in [-0.1, -0.05) is 12.8 Å². The molecule has 0 aromatic heterocycles. The van der Waals surface area contributed by atoms with Crippen LogP contribution in [0.2, 0.25) is 0 Å². The number of likely N-dealkylation sites (tertiary alicyclic amines) is 1. The first-order valence-corrected chi connectivity index (χ1v) is 6.09. The quantitative estimate of drug-likeness (QED) is 0.711. The zero-order valence-electron chi connectivity index (χ0n) is 10.3. The molecule has 1 fully saturated rings. The highest BCUT2D eigenvalue weighted by Gasteiger charge is 2.40. The van der Waals surface area contributed by atoms with Crippen molar-refractivity contribution >= 4 is 6.09 Å². The lowest BCUT2D eigenvalue weighted by Gasteiger charge is -2.28. The van der Waals surface area contributed by atoms with Crippen LogP contribution in [0.5, 0.6) is 0 Å². The molecule has 1 aliphatic heterocycles. The van der Waals surface area contributed by atoms with Crippen LogP contribution in [-0.2, 0) is 0 Å². The van der Waals surface area contributed by atoms with Gasteiger partial charge in [-0.25, -0.2) is 4.79 Å². The van der Waals surface area contributed by atoms with Crippen molar-refractivity contribution in [2.24, 2.45) is 5.92 Å². The predicted molar refractivity (Wildman–Crippen MR) is 62.5 cm³/mol. The number of aliphatic hydroxyl groups is 1. The van der Waals surface area contributed by atoms with Gasteiger partial charge in [0.05, 0.1) is 0 Å². The molecular formula is C12H23NO3. The molecule has 1 heterocycles. The van der Waals surface area contributed by atoms with Gasteiger partial charge < -0.3 is 15.1 Å². The summed E-state index contributed by atoms with van der Waals surface area (Å²) in [6.45, 7) is 4.92. The van der Waals surface area contributed by atoms with Crippen molar-refractivity contribution < 1.29 is 15.0 Å². The molecule has 1 rings (SSSR count). The van der Waals surface area contributed by atoms with Crippen LogP contribution in [0, 0.1) is 5.92 Å². The Morgan fingerprint density at radius 2 is 2.06 bits per heavy atom. The Bertz CT molecular complexity index is 240. The Kier molecular flexibility index (Phi) is 4.59. The number of amides is 1. The van der Waals surface area contributed by atoms with Crippen LogP contribution >= 0.6 is 0 Å². The predicted octanol–water partition coefficient (Wildman–Crippen LogP) is 2.32. The summed E-state index contributed by atoms with van der Waals surface area (Å²) in [5.41, 5.74) is -0.215. The second kappa shape index (κ2) is 5.53. The number of carbonyl (C=O) groups is 1. The van der Waals surface area contributed by atoms with E-state index in [1.807, 2.05) is 13.8 Å². The number of nitrogens with zero attached hydrogens (tertiary/aromatic N) is 1. The second-order valence-corrected chi connectivity index (χ2v) is 5.35. The highest BCUT2D eigenvalue weighted by atomic mass is 16.4. The molecule has 0 bridgehead atoms. The standard InChI is InChI=1S/C12H23NO3/c1-12(2)8-10(6-4-3-5-7-14)9-13(12)11(15)16/h10,14H,3-9H2,1-2H3,(H,15,16). The molecule has 0 spiro atoms. The molecule has 0 radical (unpaired) electrons. The molecule has 1 aliphatic rings. The zero-order chi connectivity index (χ0) is 12.2. The van der Waals surface area contributed by atoms with E-state index in [2.05, 4.69) is 0 Å². The summed E-state index contributed by atoms with van der Waals surface area (Å²) < 4.78 is 0. The Labute approximate surface area is 97.3 Å². The largest absolute Gasteiger partial charge is 0.465 e. The lowest BCUT2D eigenvalue weighted by molar-refractivity contribution is 0.117. The molecule has 1 unspecified atom stereocenters. The number of aliphatic hydroxyl groups excluding tert-OH is 1. The van der Waals surface area contributed by atoms with E-state index in [4.69, 9.17) is 10.2 Å². The zero-order valence-corrected chi connectivity index (χ0v) is 10.3. The van der Waals surface area contributed by atoms with Crippen LogP contribution in [0.15, 0.2) is 0 Å². The van der Waals surface area contributed by atoms with Gasteiger partial charge in [-0.05, 0) is 39.0 Å². The van der Waals surface area contributed by atoms with Crippen molar-refractivity contribution in [3.8, 4) is 0 Å². The van der Waals surface area contributed by atoms with E-state index in [0.717, 1.165) is 32.1 Å². The van der Waals surface area contributed by atoms with E-state index in [-0.39, 0.29) is 12.1 Å². The first-order chi connectivity index (χ1) is 7.47. The first kappa shape index (κ1) is 13.3. The maximum atomic E-state index is 11.0. The van der Waals surface area contributed by atoms with Crippen molar-refractivity contribution in [2.45, 2.75) is 51.5 Å². The van der Waals surface area contributed by atoms with Gasteiger partial charge in [0, 0.05) is 18.7 Å². The Hall–Kier alpha value is -0.770. The highest BCUT2D eigenvalue weighted by Crippen LogP contribution is 2.35. The van der Waals surface area contributed by atoms with Gasteiger partial charge in [-0.15, -0.1) is 0 Å². The third-order valence-electron chi connectivity index (χ3n) is 3.46. The Morgan fingerprint density at radius 3 is 2.56 bits per heavy atom. The average Bonchev–Trinajstić information content (AvgIpc) is 2.48. The molecule has 0 aromatic carbocycles. The second-order valence-electron chi connectivity index (χ2n) is 5.35. The molecule has 1 saturated heterocycles. The molecule has 4 nitrogen and oxygen atoms in total. The normalized spacial score (nSPS) is 23.7. The summed E-state index contributed by atoms with van der Waals surface area (Å²) in [6, 6.07) is 0. The van der Waals surface area contributed by atoms with E-state index in [1.54, 1.807) is 4.90 Å². The maximum absolute atomic E-state index is 11.0. The van der Waals surface area contributed by atoms with Gasteiger partial charge >= 0.3 is 6.09 Å². The van der Waals surface area contributed by atoms with E-state index in [0.29, 0.717) is 12.5 Å². The van der Waals surface area contributed by atoms with Crippen molar-refractivity contribution in [3.05, 3.63) is 0 Å². The Balaban J connectivity index is 2.34. The fourth-order valence-electron chi connectivity index (χ4n) is 2.64. The molecule has 4 heteroatoms. The minimum Gasteiger partial charge on any atom is -0.465 e. The number of rotatable bonds is 5. The maximum Gasteiger partial charge on any atom is 0.407 e. The molecule has 0 aliphatic carbocycles. The lowest BCUT2D eigenvalue weighted by Crippen LogP contribution is -2.41. The first-order valence-electron chi connectivity index (χ1n) is 6.09. The van der Waals surface area contributed by atoms with Gasteiger partial charge in [0.15, 0.2) is 0 Å². The molecule has 16 heavy (non-hydrogen) atoms. The molecule has 0 aromatic rings. The Morgan fingerprint density at radius 1 is 1.38 bits per heavy atom. The molecule has 1 atom stereocenters. The van der Waals surface area contributed by atoms with Gasteiger partial charge in [-0.3, -0.25) is 0 Å². The summed E-state index contributed by atoms with van der Waals surface area (Å²) >= 11 is 0. The van der Waals surface area contributed by atoms with Crippen molar-refractivity contribution in [1.82, 2.24) is 4.90 Å². The fourth-order valence-corrected chi connectivity index (χ4v) is 2.64. The van der Waals surface area contributed by atoms with E-state index in [1.165, 1.54) is 0 Å². The third kappa shape index (κ3) is 3.37. The molecule has 2 N–H and O–H groups in total. The lowest BCUT2D eigenvalue weighted by atomic mass is 9.93. The van der Waals surface area contributed by atoms with Crippen molar-refractivity contribution in [3.63, 3.8) is 0 Å². The van der Waals surface area contributed by atoms with Crippen LogP contribution in [-0.4, -0.2) is 39.9 Å². The van der Waals surface area contributed by atoms with Crippen LogP contribution in [0.1, 0.15) is 46.0 Å². The molecule has 1 amide bonds. The summed E-state index contributed by atoms with van der Waals surface area (Å²) in [6.07, 6.45) is 4.22. The summed E-state index contributed by atoms with van der Waals surface area (Å²) in [4.78, 5) is 12.6. The van der Waals surface area contributed by atoms with Gasteiger partial charge in [-0.2, -0.15) is 0 Å². The minimum atomic E-state index is -0.803. The monoisotopic (exact) mass is 229 g/mol. The summed E-state index contributed by atoms with van der Waals surface area (Å²) in [7, 11) is 0. The molecule has 94 valence electrons. The highest BCUT2D eigenvalue weighted by molar-refractivity contribution is 5.66. The fraction of sp³-hybridized carbons (Fsp3) is 0.917.